The molecule has 0 aliphatic carbocycles. The number of aromatic nitrogens is 1. The van der Waals surface area contributed by atoms with E-state index >= 15 is 0 Å². The number of anilines is 1. The van der Waals surface area contributed by atoms with Crippen molar-refractivity contribution in [3.63, 3.8) is 0 Å². The molecule has 0 fully saturated rings. The first-order valence-electron chi connectivity index (χ1n) is 5.89. The molecule has 1 rings (SSSR count). The van der Waals surface area contributed by atoms with Gasteiger partial charge in [0.2, 0.25) is 0 Å². The van der Waals surface area contributed by atoms with Crippen LogP contribution in [0.5, 0.6) is 0 Å². The van der Waals surface area contributed by atoms with E-state index in [0.717, 1.165) is 6.42 Å². The van der Waals surface area contributed by atoms with Crippen LogP contribution in [0.4, 0.5) is 5.69 Å². The van der Waals surface area contributed by atoms with Gasteiger partial charge in [0, 0.05) is 19.3 Å². The van der Waals surface area contributed by atoms with Gasteiger partial charge in [-0.15, -0.1) is 0 Å². The molecule has 5 heteroatoms. The zero-order valence-electron chi connectivity index (χ0n) is 10.4. The monoisotopic (exact) mass is 240 g/mol. The molecule has 96 valence electrons. The number of carbonyl (C=O) groups is 1. The van der Waals surface area contributed by atoms with E-state index in [9.17, 15) is 4.79 Å². The van der Waals surface area contributed by atoms with Gasteiger partial charge in [0.05, 0.1) is 12.3 Å². The molecule has 0 bridgehead atoms. The molecular weight excluding hydrogens is 220 g/mol. The van der Waals surface area contributed by atoms with Crippen molar-refractivity contribution in [2.75, 3.05) is 25.6 Å². The number of nitrogen functional groups attached to an aromatic ring is 1. The highest BCUT2D eigenvalue weighted by atomic mass is 16.6. The lowest BCUT2D eigenvalue weighted by Gasteiger charge is -2.07. The highest BCUT2D eigenvalue weighted by molar-refractivity contribution is 5.89. The van der Waals surface area contributed by atoms with Crippen LogP contribution in [0.2, 0.25) is 0 Å². The minimum atomic E-state index is -0.358. The summed E-state index contributed by atoms with van der Waals surface area (Å²) in [6.45, 7) is 6.06. The Morgan fingerprint density at radius 3 is 2.76 bits per heavy atom. The molecule has 2 N–H and O–H groups in total. The number of nitrogens with zero attached hydrogens (tertiary/aromatic N) is 1. The highest BCUT2D eigenvalue weighted by Crippen LogP contribution is 2.11. The van der Waals surface area contributed by atoms with Crippen molar-refractivity contribution in [3.05, 3.63) is 18.0 Å². The van der Waals surface area contributed by atoms with Crippen molar-refractivity contribution in [3.8, 4) is 0 Å². The maximum atomic E-state index is 11.7. The molecule has 0 amide bonds. The van der Waals surface area contributed by atoms with Gasteiger partial charge in [0.25, 0.3) is 0 Å². The number of hydrogen-bond acceptors (Lipinski definition) is 4. The van der Waals surface area contributed by atoms with E-state index in [1.165, 1.54) is 0 Å². The van der Waals surface area contributed by atoms with Gasteiger partial charge in [-0.3, -0.25) is 0 Å². The maximum Gasteiger partial charge on any atom is 0.355 e. The smallest absolute Gasteiger partial charge is 0.355 e. The SMILES string of the molecule is CCCOCCOC(=O)c1cc(N)cn1CC. The molecule has 0 aliphatic rings. The number of carbonyl (C=O) groups excluding carboxylic acids is 1. The van der Waals surface area contributed by atoms with E-state index in [2.05, 4.69) is 0 Å². The molecule has 0 aromatic carbocycles. The van der Waals surface area contributed by atoms with Gasteiger partial charge in [-0.1, -0.05) is 6.92 Å². The van der Waals surface area contributed by atoms with Crippen LogP contribution in [0.3, 0.4) is 0 Å². The largest absolute Gasteiger partial charge is 0.459 e. The normalized spacial score (nSPS) is 10.5. The predicted molar refractivity (Wildman–Crippen MR) is 65.9 cm³/mol. The van der Waals surface area contributed by atoms with E-state index in [4.69, 9.17) is 15.2 Å². The molecule has 0 spiro atoms. The fourth-order valence-electron chi connectivity index (χ4n) is 1.48. The Kier molecular flexibility index (Phi) is 5.56. The Hall–Kier alpha value is -1.49. The van der Waals surface area contributed by atoms with Crippen LogP contribution in [0.1, 0.15) is 30.8 Å². The predicted octanol–water partition coefficient (Wildman–Crippen LogP) is 1.67. The quantitative estimate of drug-likeness (QED) is 0.581. The highest BCUT2D eigenvalue weighted by Gasteiger charge is 2.13. The minimum absolute atomic E-state index is 0.271. The molecular formula is C12H20N2O3. The summed E-state index contributed by atoms with van der Waals surface area (Å²) in [4.78, 5) is 11.7. The number of nitrogens with two attached hydrogens (primary N) is 1. The molecule has 5 nitrogen and oxygen atoms in total. The lowest BCUT2D eigenvalue weighted by molar-refractivity contribution is 0.0308. The summed E-state index contributed by atoms with van der Waals surface area (Å²) in [6, 6.07) is 1.62. The number of rotatable bonds is 7. The Labute approximate surface area is 101 Å². The first-order chi connectivity index (χ1) is 8.19. The lowest BCUT2D eigenvalue weighted by Crippen LogP contribution is -2.14. The van der Waals surface area contributed by atoms with E-state index in [-0.39, 0.29) is 12.6 Å². The van der Waals surface area contributed by atoms with Crippen LogP contribution in [-0.2, 0) is 16.0 Å². The summed E-state index contributed by atoms with van der Waals surface area (Å²) < 4.78 is 12.1. The van der Waals surface area contributed by atoms with Crippen LogP contribution >= 0.6 is 0 Å². The fourth-order valence-corrected chi connectivity index (χ4v) is 1.48. The van der Waals surface area contributed by atoms with Crippen LogP contribution in [-0.4, -0.2) is 30.4 Å². The van der Waals surface area contributed by atoms with E-state index in [1.807, 2.05) is 13.8 Å². The molecule has 0 radical (unpaired) electrons. The van der Waals surface area contributed by atoms with E-state index in [1.54, 1.807) is 16.8 Å². The van der Waals surface area contributed by atoms with Crippen molar-refractivity contribution in [1.82, 2.24) is 4.57 Å². The molecule has 0 atom stereocenters. The van der Waals surface area contributed by atoms with Crippen LogP contribution in [0.25, 0.3) is 0 Å². The third kappa shape index (κ3) is 4.11. The van der Waals surface area contributed by atoms with E-state index < -0.39 is 0 Å². The minimum Gasteiger partial charge on any atom is -0.459 e. The number of aryl methyl sites for hydroxylation is 1. The third-order valence-electron chi connectivity index (χ3n) is 2.28. The van der Waals surface area contributed by atoms with Gasteiger partial charge in [-0.05, 0) is 19.4 Å². The molecule has 1 aromatic heterocycles. The topological polar surface area (TPSA) is 66.5 Å². The van der Waals surface area contributed by atoms with Crippen molar-refractivity contribution in [2.45, 2.75) is 26.8 Å². The van der Waals surface area contributed by atoms with Gasteiger partial charge in [-0.25, -0.2) is 4.79 Å². The molecule has 0 saturated carbocycles. The Morgan fingerprint density at radius 1 is 1.35 bits per heavy atom. The summed E-state index contributed by atoms with van der Waals surface area (Å²) in [5.74, 6) is -0.358. The number of hydrogen-bond donors (Lipinski definition) is 1. The Balaban J connectivity index is 2.41. The van der Waals surface area contributed by atoms with Crippen LogP contribution in [0.15, 0.2) is 12.3 Å². The second kappa shape index (κ2) is 6.96. The zero-order valence-corrected chi connectivity index (χ0v) is 10.4. The third-order valence-corrected chi connectivity index (χ3v) is 2.28. The average Bonchev–Trinajstić information content (AvgIpc) is 2.70. The summed E-state index contributed by atoms with van der Waals surface area (Å²) in [6.07, 6.45) is 2.69. The van der Waals surface area contributed by atoms with Gasteiger partial charge in [0.1, 0.15) is 12.3 Å². The molecule has 0 aliphatic heterocycles. The fraction of sp³-hybridized carbons (Fsp3) is 0.583. The summed E-state index contributed by atoms with van der Waals surface area (Å²) in [5, 5.41) is 0. The molecule has 1 aromatic rings. The summed E-state index contributed by atoms with van der Waals surface area (Å²) >= 11 is 0. The average molecular weight is 240 g/mol. The maximum absolute atomic E-state index is 11.7. The van der Waals surface area contributed by atoms with Crippen molar-refractivity contribution in [1.29, 1.82) is 0 Å². The lowest BCUT2D eigenvalue weighted by atomic mass is 10.4. The summed E-state index contributed by atoms with van der Waals surface area (Å²) in [5.41, 5.74) is 6.69. The van der Waals surface area contributed by atoms with Gasteiger partial charge < -0.3 is 19.8 Å². The molecule has 0 unspecified atom stereocenters. The Morgan fingerprint density at radius 2 is 2.12 bits per heavy atom. The standard InChI is InChI=1S/C12H20N2O3/c1-3-5-16-6-7-17-12(15)11-8-10(13)9-14(11)4-2/h8-9H,3-7,13H2,1-2H3. The van der Waals surface area contributed by atoms with Gasteiger partial charge in [-0.2, -0.15) is 0 Å². The van der Waals surface area contributed by atoms with Crippen molar-refractivity contribution in [2.24, 2.45) is 0 Å². The summed E-state index contributed by atoms with van der Waals surface area (Å²) in [7, 11) is 0. The van der Waals surface area contributed by atoms with E-state index in [0.29, 0.717) is 31.1 Å². The Bertz CT molecular complexity index is 361. The second-order valence-electron chi connectivity index (χ2n) is 3.69. The number of ether oxygens (including phenoxy) is 2. The molecule has 1 heterocycles. The first kappa shape index (κ1) is 13.6. The van der Waals surface area contributed by atoms with Crippen molar-refractivity contribution < 1.29 is 14.3 Å². The van der Waals surface area contributed by atoms with Crippen LogP contribution < -0.4 is 5.73 Å². The second-order valence-corrected chi connectivity index (χ2v) is 3.69. The van der Waals surface area contributed by atoms with Gasteiger partial charge >= 0.3 is 5.97 Å². The zero-order chi connectivity index (χ0) is 12.7. The van der Waals surface area contributed by atoms with Crippen molar-refractivity contribution >= 4 is 11.7 Å². The van der Waals surface area contributed by atoms with Crippen LogP contribution in [0, 0.1) is 0 Å². The van der Waals surface area contributed by atoms with Gasteiger partial charge in [0.15, 0.2) is 0 Å². The number of esters is 1. The molecule has 0 saturated heterocycles. The first-order valence-corrected chi connectivity index (χ1v) is 5.89. The molecule has 17 heavy (non-hydrogen) atoms.